The Morgan fingerprint density at radius 3 is 2.83 bits per heavy atom. The molecule has 4 rings (SSSR count). The summed E-state index contributed by atoms with van der Waals surface area (Å²) in [5, 5.41) is 3.82. The van der Waals surface area contributed by atoms with E-state index >= 15 is 0 Å². The van der Waals surface area contributed by atoms with Gasteiger partial charge in [-0.05, 0) is 30.7 Å². The van der Waals surface area contributed by atoms with Crippen molar-refractivity contribution in [2.24, 2.45) is 0 Å². The topological polar surface area (TPSA) is 72.3 Å². The summed E-state index contributed by atoms with van der Waals surface area (Å²) in [5.41, 5.74) is 0.698. The third-order valence-electron chi connectivity index (χ3n) is 4.02. The highest BCUT2D eigenvalue weighted by atomic mass is 35.5. The summed E-state index contributed by atoms with van der Waals surface area (Å²) in [6.45, 7) is 0.490. The maximum atomic E-state index is 13.6. The van der Waals surface area contributed by atoms with E-state index in [1.54, 1.807) is 18.2 Å². The largest absolute Gasteiger partial charge is 0.492 e. The molecule has 2 aromatic heterocycles. The average molecular weight is 431 g/mol. The molecule has 0 aliphatic rings. The number of fused-ring (bicyclic) bond motifs is 1. The van der Waals surface area contributed by atoms with Gasteiger partial charge in [-0.2, -0.15) is 0 Å². The second-order valence-electron chi connectivity index (χ2n) is 6.14. The van der Waals surface area contributed by atoms with E-state index in [0.29, 0.717) is 45.3 Å². The molecule has 0 saturated carbocycles. The van der Waals surface area contributed by atoms with Crippen molar-refractivity contribution in [2.45, 2.75) is 11.6 Å². The predicted octanol–water partition coefficient (Wildman–Crippen LogP) is 4.44. The van der Waals surface area contributed by atoms with Crippen LogP contribution in [0, 0.1) is 5.82 Å². The van der Waals surface area contributed by atoms with Gasteiger partial charge in [0, 0.05) is 17.4 Å². The number of rotatable bonds is 7. The predicted molar refractivity (Wildman–Crippen MR) is 111 cm³/mol. The van der Waals surface area contributed by atoms with Crippen LogP contribution in [0.1, 0.15) is 6.42 Å². The summed E-state index contributed by atoms with van der Waals surface area (Å²) in [7, 11) is 0. The van der Waals surface area contributed by atoms with Crippen LogP contribution in [0.2, 0.25) is 5.02 Å². The Kier molecular flexibility index (Phi) is 5.82. The number of benzene rings is 2. The lowest BCUT2D eigenvalue weighted by atomic mass is 10.2. The van der Waals surface area contributed by atoms with Crippen LogP contribution in [0.15, 0.2) is 64.5 Å². The van der Waals surface area contributed by atoms with Gasteiger partial charge in [-0.25, -0.2) is 18.9 Å². The number of nitrogens with one attached hydrogen (secondary N) is 1. The van der Waals surface area contributed by atoms with Gasteiger partial charge in [-0.1, -0.05) is 47.6 Å². The van der Waals surface area contributed by atoms with E-state index in [2.05, 4.69) is 15.1 Å². The van der Waals surface area contributed by atoms with Crippen molar-refractivity contribution in [1.82, 2.24) is 19.6 Å². The van der Waals surface area contributed by atoms with Crippen LogP contribution in [0.25, 0.3) is 17.0 Å². The Bertz CT molecular complexity index is 1210. The molecule has 0 aliphatic heterocycles. The Labute approximate surface area is 174 Å². The van der Waals surface area contributed by atoms with Gasteiger partial charge in [0.1, 0.15) is 11.6 Å². The number of halogens is 2. The number of aromatic amines is 1. The van der Waals surface area contributed by atoms with Gasteiger partial charge in [-0.15, -0.1) is 0 Å². The first kappa shape index (κ1) is 19.5. The van der Waals surface area contributed by atoms with Crippen molar-refractivity contribution in [3.05, 3.63) is 75.8 Å². The van der Waals surface area contributed by atoms with Crippen molar-refractivity contribution in [1.29, 1.82) is 0 Å². The third kappa shape index (κ3) is 4.60. The van der Waals surface area contributed by atoms with Crippen molar-refractivity contribution in [2.75, 3.05) is 12.4 Å². The molecule has 0 fully saturated rings. The minimum atomic E-state index is -0.372. The lowest BCUT2D eigenvalue weighted by Crippen LogP contribution is -2.05. The first-order valence-electron chi connectivity index (χ1n) is 8.86. The minimum absolute atomic E-state index is 0.278. The lowest BCUT2D eigenvalue weighted by molar-refractivity contribution is 0.319. The maximum Gasteiger partial charge on any atom is 0.266 e. The zero-order valence-corrected chi connectivity index (χ0v) is 16.7. The summed E-state index contributed by atoms with van der Waals surface area (Å²) in [6, 6.07) is 14.7. The number of thioether (sulfide) groups is 1. The molecule has 0 bridgehead atoms. The minimum Gasteiger partial charge on any atom is -0.492 e. The van der Waals surface area contributed by atoms with E-state index in [1.165, 1.54) is 34.5 Å². The molecule has 0 unspecified atom stereocenters. The fourth-order valence-corrected chi connectivity index (χ4v) is 3.76. The molecule has 2 heterocycles. The fourth-order valence-electron chi connectivity index (χ4n) is 2.70. The number of H-pyrrole nitrogens is 1. The van der Waals surface area contributed by atoms with Crippen molar-refractivity contribution in [3.8, 4) is 17.1 Å². The highest BCUT2D eigenvalue weighted by Crippen LogP contribution is 2.25. The van der Waals surface area contributed by atoms with Crippen LogP contribution in [-0.4, -0.2) is 31.9 Å². The van der Waals surface area contributed by atoms with E-state index in [1.807, 2.05) is 18.2 Å². The van der Waals surface area contributed by atoms with E-state index in [4.69, 9.17) is 16.3 Å². The Hall–Kier alpha value is -2.84. The van der Waals surface area contributed by atoms with Crippen LogP contribution in [0.3, 0.4) is 0 Å². The van der Waals surface area contributed by atoms with E-state index < -0.39 is 0 Å². The standard InChI is InChI=1S/C20H16ClFN4O2S/c21-15-7-1-2-8-16(15)28-9-4-10-29-20-24-19(13-5-3-6-14(22)11-13)23-17-12-18(27)25-26(17)20/h1-3,5-8,11-12H,4,9-10H2,(H,25,27). The zero-order valence-electron chi connectivity index (χ0n) is 15.1. The third-order valence-corrected chi connectivity index (χ3v) is 5.36. The average Bonchev–Trinajstić information content (AvgIpc) is 3.09. The molecule has 148 valence electrons. The second kappa shape index (κ2) is 8.67. The van der Waals surface area contributed by atoms with Gasteiger partial charge >= 0.3 is 0 Å². The second-order valence-corrected chi connectivity index (χ2v) is 7.60. The van der Waals surface area contributed by atoms with E-state index in [0.717, 1.165) is 6.42 Å². The van der Waals surface area contributed by atoms with Crippen LogP contribution >= 0.6 is 23.4 Å². The van der Waals surface area contributed by atoms with Gasteiger partial charge in [0.2, 0.25) is 0 Å². The maximum absolute atomic E-state index is 13.6. The summed E-state index contributed by atoms with van der Waals surface area (Å²) in [6.07, 6.45) is 0.738. The molecule has 29 heavy (non-hydrogen) atoms. The summed E-state index contributed by atoms with van der Waals surface area (Å²) in [5.74, 6) is 1.33. The summed E-state index contributed by atoms with van der Waals surface area (Å²) >= 11 is 7.53. The smallest absolute Gasteiger partial charge is 0.266 e. The molecule has 6 nitrogen and oxygen atoms in total. The highest BCUT2D eigenvalue weighted by Gasteiger charge is 2.12. The van der Waals surface area contributed by atoms with E-state index in [-0.39, 0.29) is 11.4 Å². The van der Waals surface area contributed by atoms with Crippen LogP contribution in [0.5, 0.6) is 5.75 Å². The molecule has 0 atom stereocenters. The normalized spacial score (nSPS) is 11.1. The Morgan fingerprint density at radius 1 is 1.14 bits per heavy atom. The van der Waals surface area contributed by atoms with Crippen LogP contribution in [0.4, 0.5) is 4.39 Å². The SMILES string of the molecule is O=c1cc2nc(-c3cccc(F)c3)nc(SCCCOc3ccccc3Cl)n2[nH]1. The number of hydrogen-bond acceptors (Lipinski definition) is 5. The van der Waals surface area contributed by atoms with Crippen LogP contribution < -0.4 is 10.3 Å². The molecule has 2 aromatic carbocycles. The molecule has 0 amide bonds. The molecular formula is C20H16ClFN4O2S. The molecular weight excluding hydrogens is 415 g/mol. The number of para-hydroxylation sites is 1. The Balaban J connectivity index is 1.49. The number of ether oxygens (including phenoxy) is 1. The molecule has 9 heteroatoms. The number of aromatic nitrogens is 4. The molecule has 1 N–H and O–H groups in total. The Morgan fingerprint density at radius 2 is 2.00 bits per heavy atom. The first-order chi connectivity index (χ1) is 14.1. The van der Waals surface area contributed by atoms with Crippen molar-refractivity contribution in [3.63, 3.8) is 0 Å². The molecule has 0 saturated heterocycles. The van der Waals surface area contributed by atoms with E-state index in [9.17, 15) is 9.18 Å². The van der Waals surface area contributed by atoms with Crippen LogP contribution in [-0.2, 0) is 0 Å². The first-order valence-corrected chi connectivity index (χ1v) is 10.2. The summed E-state index contributed by atoms with van der Waals surface area (Å²) in [4.78, 5) is 20.6. The van der Waals surface area contributed by atoms with Gasteiger partial charge in [-0.3, -0.25) is 9.89 Å². The molecule has 0 spiro atoms. The van der Waals surface area contributed by atoms with Crippen molar-refractivity contribution < 1.29 is 9.13 Å². The number of nitrogens with zero attached hydrogens (tertiary/aromatic N) is 3. The quantitative estimate of drug-likeness (QED) is 0.346. The molecule has 4 aromatic rings. The summed E-state index contributed by atoms with van der Waals surface area (Å²) < 4.78 is 20.8. The number of hydrogen-bond donors (Lipinski definition) is 1. The van der Waals surface area contributed by atoms with Gasteiger partial charge in [0.25, 0.3) is 5.56 Å². The van der Waals surface area contributed by atoms with Gasteiger partial charge < -0.3 is 4.74 Å². The monoisotopic (exact) mass is 430 g/mol. The van der Waals surface area contributed by atoms with Crippen molar-refractivity contribution >= 4 is 29.0 Å². The van der Waals surface area contributed by atoms with Gasteiger partial charge in [0.05, 0.1) is 11.6 Å². The lowest BCUT2D eigenvalue weighted by Gasteiger charge is -2.09. The zero-order chi connectivity index (χ0) is 20.2. The van der Waals surface area contributed by atoms with Gasteiger partial charge in [0.15, 0.2) is 16.6 Å². The molecule has 0 aliphatic carbocycles. The fraction of sp³-hybridized carbons (Fsp3) is 0.150. The molecule has 0 radical (unpaired) electrons. The highest BCUT2D eigenvalue weighted by molar-refractivity contribution is 7.99.